The van der Waals surface area contributed by atoms with Crippen LogP contribution in [0.2, 0.25) is 0 Å². The fourth-order valence-corrected chi connectivity index (χ4v) is 4.94. The largest absolute Gasteiger partial charge is 0.325 e. The van der Waals surface area contributed by atoms with Crippen LogP contribution in [-0.4, -0.2) is 25.9 Å². The first-order valence-corrected chi connectivity index (χ1v) is 12.3. The summed E-state index contributed by atoms with van der Waals surface area (Å²) in [6, 6.07) is 18.2. The molecule has 1 N–H and O–H groups in total. The molecule has 31 heavy (non-hydrogen) atoms. The van der Waals surface area contributed by atoms with E-state index in [2.05, 4.69) is 41.1 Å². The predicted molar refractivity (Wildman–Crippen MR) is 131 cm³/mol. The Morgan fingerprint density at radius 3 is 2.58 bits per heavy atom. The summed E-state index contributed by atoms with van der Waals surface area (Å²) in [7, 11) is 0. The van der Waals surface area contributed by atoms with Crippen molar-refractivity contribution in [3.63, 3.8) is 0 Å². The van der Waals surface area contributed by atoms with Crippen LogP contribution in [0.3, 0.4) is 0 Å². The molecule has 0 aliphatic rings. The number of nitrogens with one attached hydrogen (secondary N) is 1. The molecule has 0 aliphatic heterocycles. The Labute approximate surface area is 192 Å². The Balaban J connectivity index is 1.72. The van der Waals surface area contributed by atoms with E-state index in [9.17, 15) is 4.79 Å². The molecule has 3 rings (SSSR count). The van der Waals surface area contributed by atoms with Gasteiger partial charge in [0.25, 0.3) is 0 Å². The number of aryl methyl sites for hydroxylation is 1. The van der Waals surface area contributed by atoms with Crippen LogP contribution in [0.1, 0.15) is 31.7 Å². The third-order valence-electron chi connectivity index (χ3n) is 4.78. The molecule has 2 aromatic carbocycles. The molecule has 5 nitrogen and oxygen atoms in total. The Morgan fingerprint density at radius 2 is 1.87 bits per heavy atom. The second-order valence-electron chi connectivity index (χ2n) is 6.91. The molecule has 162 valence electrons. The van der Waals surface area contributed by atoms with Crippen molar-refractivity contribution in [1.29, 1.82) is 0 Å². The summed E-state index contributed by atoms with van der Waals surface area (Å²) < 4.78 is 2.05. The van der Waals surface area contributed by atoms with Gasteiger partial charge in [0.2, 0.25) is 5.91 Å². The highest BCUT2D eigenvalue weighted by Gasteiger charge is 2.23. The number of para-hydroxylation sites is 1. The van der Waals surface area contributed by atoms with Gasteiger partial charge >= 0.3 is 0 Å². The number of benzene rings is 2. The maximum Gasteiger partial charge on any atom is 0.237 e. The zero-order chi connectivity index (χ0) is 22.1. The number of allylic oxidation sites excluding steroid dienone is 1. The molecule has 0 radical (unpaired) electrons. The molecule has 0 saturated heterocycles. The lowest BCUT2D eigenvalue weighted by molar-refractivity contribution is -0.115. The first kappa shape index (κ1) is 23.2. The van der Waals surface area contributed by atoms with E-state index in [0.29, 0.717) is 18.7 Å². The summed E-state index contributed by atoms with van der Waals surface area (Å²) in [6.45, 7) is 8.59. The molecule has 0 saturated carbocycles. The fourth-order valence-electron chi connectivity index (χ4n) is 3.10. The number of anilines is 1. The molecule has 1 atom stereocenters. The van der Waals surface area contributed by atoms with Gasteiger partial charge in [0, 0.05) is 17.1 Å². The van der Waals surface area contributed by atoms with Crippen molar-refractivity contribution < 1.29 is 4.79 Å². The third-order valence-corrected chi connectivity index (χ3v) is 7.14. The minimum atomic E-state index is -0.257. The van der Waals surface area contributed by atoms with E-state index >= 15 is 0 Å². The average molecular weight is 453 g/mol. The van der Waals surface area contributed by atoms with Crippen LogP contribution in [0.25, 0.3) is 0 Å². The summed E-state index contributed by atoms with van der Waals surface area (Å²) in [4.78, 5) is 14.2. The van der Waals surface area contributed by atoms with Gasteiger partial charge in [-0.25, -0.2) is 0 Å². The quantitative estimate of drug-likeness (QED) is 0.293. The highest BCUT2D eigenvalue weighted by molar-refractivity contribution is 8.00. The van der Waals surface area contributed by atoms with Gasteiger partial charge in [-0.05, 0) is 36.6 Å². The molecule has 0 spiro atoms. The maximum atomic E-state index is 13.0. The number of carbonyl (C=O) groups excluding carboxylic acids is 1. The zero-order valence-electron chi connectivity index (χ0n) is 18.0. The van der Waals surface area contributed by atoms with Crippen LogP contribution < -0.4 is 5.32 Å². The van der Waals surface area contributed by atoms with Gasteiger partial charge in [0.1, 0.15) is 5.82 Å². The van der Waals surface area contributed by atoms with Crippen molar-refractivity contribution in [2.45, 2.75) is 54.3 Å². The SMILES string of the molecule is C=CCn1c(CSc2ccccc2)nnc1SC(CC)C(=O)Nc1ccccc1CC. The first-order chi connectivity index (χ1) is 15.2. The summed E-state index contributed by atoms with van der Waals surface area (Å²) in [5, 5.41) is 12.4. The van der Waals surface area contributed by atoms with Gasteiger partial charge in [-0.15, -0.1) is 28.5 Å². The molecular weight excluding hydrogens is 424 g/mol. The molecule has 1 amide bonds. The molecule has 1 heterocycles. The molecule has 0 fully saturated rings. The second-order valence-corrected chi connectivity index (χ2v) is 9.13. The van der Waals surface area contributed by atoms with Crippen molar-refractivity contribution >= 4 is 35.1 Å². The number of amides is 1. The van der Waals surface area contributed by atoms with Gasteiger partial charge in [0.05, 0.1) is 11.0 Å². The number of hydrogen-bond donors (Lipinski definition) is 1. The van der Waals surface area contributed by atoms with Crippen molar-refractivity contribution in [1.82, 2.24) is 14.8 Å². The topological polar surface area (TPSA) is 59.8 Å². The monoisotopic (exact) mass is 452 g/mol. The Hall–Kier alpha value is -2.51. The molecule has 7 heteroatoms. The lowest BCUT2D eigenvalue weighted by Crippen LogP contribution is -2.25. The lowest BCUT2D eigenvalue weighted by Gasteiger charge is -2.16. The number of rotatable bonds is 11. The number of hydrogen-bond acceptors (Lipinski definition) is 5. The molecule has 0 bridgehead atoms. The minimum absolute atomic E-state index is 0.0123. The molecular formula is C24H28N4OS2. The van der Waals surface area contributed by atoms with Crippen LogP contribution in [0.15, 0.2) is 77.3 Å². The van der Waals surface area contributed by atoms with Crippen LogP contribution in [0.4, 0.5) is 5.69 Å². The van der Waals surface area contributed by atoms with Gasteiger partial charge in [-0.1, -0.05) is 68.1 Å². The van der Waals surface area contributed by atoms with E-state index in [-0.39, 0.29) is 11.2 Å². The Kier molecular flexibility index (Phi) is 8.79. The van der Waals surface area contributed by atoms with Gasteiger partial charge < -0.3 is 9.88 Å². The molecule has 3 aromatic rings. The van der Waals surface area contributed by atoms with E-state index in [1.807, 2.05) is 60.0 Å². The number of nitrogens with zero attached hydrogens (tertiary/aromatic N) is 3. The van der Waals surface area contributed by atoms with Crippen molar-refractivity contribution in [2.75, 3.05) is 5.32 Å². The number of carbonyl (C=O) groups is 1. The van der Waals surface area contributed by atoms with Gasteiger partial charge in [-0.2, -0.15) is 0 Å². The second kappa shape index (κ2) is 11.8. The number of thioether (sulfide) groups is 2. The van der Waals surface area contributed by atoms with E-state index < -0.39 is 0 Å². The Bertz CT molecular complexity index is 1000. The molecule has 1 aromatic heterocycles. The summed E-state index contributed by atoms with van der Waals surface area (Å²) in [5.41, 5.74) is 2.01. The minimum Gasteiger partial charge on any atom is -0.325 e. The number of aromatic nitrogens is 3. The average Bonchev–Trinajstić information content (AvgIpc) is 3.18. The molecule has 1 unspecified atom stereocenters. The van der Waals surface area contributed by atoms with E-state index in [1.165, 1.54) is 16.7 Å². The molecule has 0 aliphatic carbocycles. The lowest BCUT2D eigenvalue weighted by atomic mass is 10.1. The third kappa shape index (κ3) is 6.24. The summed E-state index contributed by atoms with van der Waals surface area (Å²) >= 11 is 3.18. The van der Waals surface area contributed by atoms with E-state index in [1.54, 1.807) is 11.8 Å². The normalized spacial score (nSPS) is 11.8. The zero-order valence-corrected chi connectivity index (χ0v) is 19.6. The van der Waals surface area contributed by atoms with Crippen molar-refractivity contribution in [2.24, 2.45) is 0 Å². The smallest absolute Gasteiger partial charge is 0.237 e. The standard InChI is InChI=1S/C24H28N4OS2/c1-4-16-28-22(17-30-19-13-8-7-9-14-19)26-27-24(28)31-21(6-3)23(29)25-20-15-11-10-12-18(20)5-2/h4,7-15,21H,1,5-6,16-17H2,2-3H3,(H,25,29). The highest BCUT2D eigenvalue weighted by atomic mass is 32.2. The van der Waals surface area contributed by atoms with Crippen LogP contribution in [0, 0.1) is 0 Å². The van der Waals surface area contributed by atoms with Crippen molar-refractivity contribution in [3.05, 3.63) is 78.6 Å². The predicted octanol–water partition coefficient (Wildman–Crippen LogP) is 5.83. The van der Waals surface area contributed by atoms with Crippen LogP contribution in [0.5, 0.6) is 0 Å². The summed E-state index contributed by atoms with van der Waals surface area (Å²) in [5.74, 6) is 1.57. The van der Waals surface area contributed by atoms with Crippen LogP contribution in [-0.2, 0) is 23.5 Å². The van der Waals surface area contributed by atoms with E-state index in [0.717, 1.165) is 28.7 Å². The van der Waals surface area contributed by atoms with Gasteiger partial charge in [-0.3, -0.25) is 4.79 Å². The van der Waals surface area contributed by atoms with Gasteiger partial charge in [0.15, 0.2) is 5.16 Å². The summed E-state index contributed by atoms with van der Waals surface area (Å²) in [6.07, 6.45) is 3.40. The Morgan fingerprint density at radius 1 is 1.13 bits per heavy atom. The highest BCUT2D eigenvalue weighted by Crippen LogP contribution is 2.29. The van der Waals surface area contributed by atoms with E-state index in [4.69, 9.17) is 0 Å². The first-order valence-electron chi connectivity index (χ1n) is 10.4. The van der Waals surface area contributed by atoms with Crippen LogP contribution >= 0.6 is 23.5 Å². The van der Waals surface area contributed by atoms with Crippen molar-refractivity contribution in [3.8, 4) is 0 Å². The maximum absolute atomic E-state index is 13.0. The fraction of sp³-hybridized carbons (Fsp3) is 0.292.